The summed E-state index contributed by atoms with van der Waals surface area (Å²) in [5.41, 5.74) is -0.345. The van der Waals surface area contributed by atoms with Gasteiger partial charge in [-0.05, 0) is 39.0 Å². The molecule has 0 unspecified atom stereocenters. The van der Waals surface area contributed by atoms with Crippen LogP contribution in [-0.4, -0.2) is 62.9 Å². The first-order chi connectivity index (χ1) is 13.0. The van der Waals surface area contributed by atoms with E-state index in [0.29, 0.717) is 13.1 Å². The van der Waals surface area contributed by atoms with Gasteiger partial charge in [0.05, 0.1) is 12.0 Å². The molecule has 2 aliphatic rings. The molecule has 3 N–H and O–H groups in total. The van der Waals surface area contributed by atoms with Crippen LogP contribution in [0.4, 0.5) is 0 Å². The molecule has 0 heterocycles. The summed E-state index contributed by atoms with van der Waals surface area (Å²) < 4.78 is 0. The molecule has 0 saturated heterocycles. The van der Waals surface area contributed by atoms with Crippen molar-refractivity contribution in [2.24, 2.45) is 16.3 Å². The molecule has 0 atom stereocenters. The summed E-state index contributed by atoms with van der Waals surface area (Å²) in [7, 11) is 3.65. The van der Waals surface area contributed by atoms with Gasteiger partial charge in [0.1, 0.15) is 0 Å². The molecule has 0 aromatic heterocycles. The van der Waals surface area contributed by atoms with E-state index in [1.807, 2.05) is 21.0 Å². The van der Waals surface area contributed by atoms with Crippen molar-refractivity contribution in [3.63, 3.8) is 0 Å². The number of carbonyl (C=O) groups is 2. The first kappa shape index (κ1) is 21.5. The maximum absolute atomic E-state index is 12.7. The van der Waals surface area contributed by atoms with Crippen molar-refractivity contribution in [3.05, 3.63) is 0 Å². The maximum atomic E-state index is 12.7. The topological polar surface area (TPSA) is 85.8 Å². The summed E-state index contributed by atoms with van der Waals surface area (Å²) in [6, 6.07) is 0. The summed E-state index contributed by atoms with van der Waals surface area (Å²) in [5.74, 6) is 1.39. The van der Waals surface area contributed by atoms with Crippen molar-refractivity contribution >= 4 is 17.8 Å². The molecular formula is C20H37N5O2. The summed E-state index contributed by atoms with van der Waals surface area (Å²) in [6.07, 6.45) is 8.13. The molecule has 0 spiro atoms. The average Bonchev–Trinajstić information content (AvgIpc) is 3.07. The zero-order valence-corrected chi connectivity index (χ0v) is 17.3. The van der Waals surface area contributed by atoms with E-state index in [1.54, 1.807) is 4.90 Å². The molecular weight excluding hydrogens is 342 g/mol. The number of amides is 2. The quantitative estimate of drug-likeness (QED) is 0.322. The molecule has 0 radical (unpaired) electrons. The fourth-order valence-corrected chi connectivity index (χ4v) is 3.86. The van der Waals surface area contributed by atoms with Gasteiger partial charge in [0.2, 0.25) is 11.8 Å². The van der Waals surface area contributed by atoms with E-state index in [2.05, 4.69) is 16.0 Å². The smallest absolute Gasteiger partial charge is 0.230 e. The van der Waals surface area contributed by atoms with Gasteiger partial charge in [-0.15, -0.1) is 0 Å². The highest BCUT2D eigenvalue weighted by atomic mass is 16.2. The number of aliphatic imine (C=N–C) groups is 1. The lowest BCUT2D eigenvalue weighted by molar-refractivity contribution is -0.138. The van der Waals surface area contributed by atoms with Crippen molar-refractivity contribution in [1.29, 1.82) is 0 Å². The Morgan fingerprint density at radius 1 is 1.04 bits per heavy atom. The minimum Gasteiger partial charge on any atom is -0.357 e. The normalized spacial score (nSPS) is 19.3. The van der Waals surface area contributed by atoms with Gasteiger partial charge in [0.15, 0.2) is 5.96 Å². The second-order valence-corrected chi connectivity index (χ2v) is 8.08. The molecule has 7 nitrogen and oxygen atoms in total. The summed E-state index contributed by atoms with van der Waals surface area (Å²) >= 11 is 0. The van der Waals surface area contributed by atoms with Crippen LogP contribution in [0.2, 0.25) is 0 Å². The van der Waals surface area contributed by atoms with Crippen LogP contribution in [-0.2, 0) is 9.59 Å². The highest BCUT2D eigenvalue weighted by molar-refractivity contribution is 5.84. The molecule has 154 valence electrons. The molecule has 0 aromatic carbocycles. The lowest BCUT2D eigenvalue weighted by Crippen LogP contribution is -2.43. The number of hydrogen-bond donors (Lipinski definition) is 3. The van der Waals surface area contributed by atoms with Crippen LogP contribution >= 0.6 is 0 Å². The first-order valence-electron chi connectivity index (χ1n) is 10.5. The molecule has 2 amide bonds. The minimum absolute atomic E-state index is 0.193. The molecule has 2 aliphatic carbocycles. The standard InChI is InChI=1S/C20H37N5O2/c1-4-21-19(23-14-8-13-22-17(26)16-9-7-10-16)24-15-20(11-5-6-12-20)18(27)25(2)3/h16H,4-15H2,1-3H3,(H,22,26)(H2,21,23,24). The fraction of sp³-hybridized carbons (Fsp3) is 0.850. The van der Waals surface area contributed by atoms with Crippen LogP contribution < -0.4 is 16.0 Å². The third-order valence-corrected chi connectivity index (χ3v) is 5.73. The van der Waals surface area contributed by atoms with E-state index < -0.39 is 0 Å². The van der Waals surface area contributed by atoms with Crippen LogP contribution in [0.3, 0.4) is 0 Å². The van der Waals surface area contributed by atoms with Crippen molar-refractivity contribution in [2.75, 3.05) is 40.3 Å². The van der Waals surface area contributed by atoms with E-state index in [9.17, 15) is 9.59 Å². The predicted molar refractivity (Wildman–Crippen MR) is 109 cm³/mol. The molecule has 2 saturated carbocycles. The molecule has 27 heavy (non-hydrogen) atoms. The van der Waals surface area contributed by atoms with Gasteiger partial charge in [0.25, 0.3) is 0 Å². The molecule has 2 fully saturated rings. The number of nitrogens with zero attached hydrogens (tertiary/aromatic N) is 2. The lowest BCUT2D eigenvalue weighted by atomic mass is 9.85. The highest BCUT2D eigenvalue weighted by Crippen LogP contribution is 2.39. The van der Waals surface area contributed by atoms with E-state index in [-0.39, 0.29) is 23.1 Å². The zero-order chi connectivity index (χ0) is 19.7. The molecule has 0 aliphatic heterocycles. The number of guanidine groups is 1. The second-order valence-electron chi connectivity index (χ2n) is 8.08. The lowest BCUT2D eigenvalue weighted by Gasteiger charge is -2.29. The maximum Gasteiger partial charge on any atom is 0.230 e. The SMILES string of the molecule is CCNC(=NCC1(C(=O)N(C)C)CCCC1)NCCCNC(=O)C1CCC1. The van der Waals surface area contributed by atoms with Gasteiger partial charge in [-0.2, -0.15) is 0 Å². The molecule has 7 heteroatoms. The summed E-state index contributed by atoms with van der Waals surface area (Å²) in [6.45, 7) is 4.76. The van der Waals surface area contributed by atoms with E-state index in [1.165, 1.54) is 6.42 Å². The van der Waals surface area contributed by atoms with Gasteiger partial charge in [-0.25, -0.2) is 0 Å². The Morgan fingerprint density at radius 3 is 2.26 bits per heavy atom. The monoisotopic (exact) mass is 379 g/mol. The Labute approximate surface area is 163 Å². The van der Waals surface area contributed by atoms with Crippen LogP contribution in [0.1, 0.15) is 58.3 Å². The molecule has 2 rings (SSSR count). The van der Waals surface area contributed by atoms with Crippen LogP contribution in [0.5, 0.6) is 0 Å². The van der Waals surface area contributed by atoms with Crippen LogP contribution in [0, 0.1) is 11.3 Å². The minimum atomic E-state index is -0.345. The Bertz CT molecular complexity index is 522. The zero-order valence-electron chi connectivity index (χ0n) is 17.3. The van der Waals surface area contributed by atoms with Crippen molar-refractivity contribution in [3.8, 4) is 0 Å². The summed E-state index contributed by atoms with van der Waals surface area (Å²) in [5, 5.41) is 9.59. The van der Waals surface area contributed by atoms with Gasteiger partial charge >= 0.3 is 0 Å². The summed E-state index contributed by atoms with van der Waals surface area (Å²) in [4.78, 5) is 30.9. The fourth-order valence-electron chi connectivity index (χ4n) is 3.86. The third-order valence-electron chi connectivity index (χ3n) is 5.73. The van der Waals surface area contributed by atoms with Crippen molar-refractivity contribution in [2.45, 2.75) is 58.3 Å². The van der Waals surface area contributed by atoms with Crippen molar-refractivity contribution < 1.29 is 9.59 Å². The Balaban J connectivity index is 1.78. The Hall–Kier alpha value is -1.79. The second kappa shape index (κ2) is 10.5. The Morgan fingerprint density at radius 2 is 1.70 bits per heavy atom. The number of rotatable bonds is 9. The van der Waals surface area contributed by atoms with Gasteiger partial charge < -0.3 is 20.9 Å². The molecule has 0 bridgehead atoms. The van der Waals surface area contributed by atoms with Crippen molar-refractivity contribution in [1.82, 2.24) is 20.9 Å². The number of nitrogens with one attached hydrogen (secondary N) is 3. The first-order valence-corrected chi connectivity index (χ1v) is 10.5. The van der Waals surface area contributed by atoms with Gasteiger partial charge in [-0.3, -0.25) is 14.6 Å². The largest absolute Gasteiger partial charge is 0.357 e. The number of hydrogen-bond acceptors (Lipinski definition) is 3. The Kier molecular flexibility index (Phi) is 8.38. The van der Waals surface area contributed by atoms with Gasteiger partial charge in [0, 0.05) is 39.6 Å². The highest BCUT2D eigenvalue weighted by Gasteiger charge is 2.42. The van der Waals surface area contributed by atoms with E-state index in [4.69, 9.17) is 4.99 Å². The average molecular weight is 380 g/mol. The molecule has 0 aromatic rings. The van der Waals surface area contributed by atoms with E-state index >= 15 is 0 Å². The van der Waals surface area contributed by atoms with E-state index in [0.717, 1.165) is 64.0 Å². The van der Waals surface area contributed by atoms with Gasteiger partial charge in [-0.1, -0.05) is 19.3 Å². The number of carbonyl (C=O) groups excluding carboxylic acids is 2. The third kappa shape index (κ3) is 6.11. The predicted octanol–water partition coefficient (Wildman–Crippen LogP) is 1.50. The van der Waals surface area contributed by atoms with Crippen LogP contribution in [0.15, 0.2) is 4.99 Å². The van der Waals surface area contributed by atoms with Crippen LogP contribution in [0.25, 0.3) is 0 Å².